The first-order valence-corrected chi connectivity index (χ1v) is 47.9. The first-order valence-electron chi connectivity index (χ1n) is 29.1. The van der Waals surface area contributed by atoms with E-state index in [4.69, 9.17) is 33.8 Å². The fourth-order valence-electron chi connectivity index (χ4n) is 8.62. The quantitative estimate of drug-likeness (QED) is 0.0202. The van der Waals surface area contributed by atoms with E-state index in [1.54, 1.807) is 61.9 Å². The third kappa shape index (κ3) is 18.0. The fraction of sp³-hybridized carbons (Fsp3) is 0.426. The van der Waals surface area contributed by atoms with Gasteiger partial charge >= 0.3 is 235 Å². The average molecular weight is 1540 g/mol. The van der Waals surface area contributed by atoms with Crippen molar-refractivity contribution in [2.75, 3.05) is 20.7 Å². The molecule has 8 aromatic rings. The number of pyridine rings is 1. The van der Waals surface area contributed by atoms with Gasteiger partial charge in [0.25, 0.3) is 11.8 Å². The van der Waals surface area contributed by atoms with Gasteiger partial charge < -0.3 is 25.4 Å². The van der Waals surface area contributed by atoms with E-state index in [9.17, 15) is 28.8 Å². The Bertz CT molecular complexity index is 3940. The average Bonchev–Trinajstić information content (AvgIpc) is 1.84. The minimum atomic E-state index is -2.50. The SMILES string of the molecule is CNC(=O)C[C@H](NC(=O)c1csc(-c2ccc(-c3nc(C(=O)OC(C)(C)C)cs3)nc2Br)n1)c1nc(C(=O)N[C@H](c2nc(C(=O)NCC(=O)N[C@H](c3nc(-c4n[c]([Sn]([CH3])([CH3])[CH3])cs4)cs3)[C@@H](O[Si](C)(C)C(C)(C)C)c3ccccc3)c(COC)s2)C(C)C)c(C)s1. The van der Waals surface area contributed by atoms with Crippen molar-refractivity contribution in [2.45, 2.75) is 138 Å². The normalized spacial score (nSPS) is 13.5. The molecule has 0 aliphatic carbocycles. The number of nitrogens with one attached hydrogen (secondary N) is 5. The van der Waals surface area contributed by atoms with Crippen molar-refractivity contribution in [3.05, 3.63) is 122 Å². The first kappa shape index (κ1) is 71.2. The number of nitrogens with zero attached hydrogens (tertiary/aromatic N) is 7. The summed E-state index contributed by atoms with van der Waals surface area (Å²) in [6, 6.07) is 10.9. The van der Waals surface area contributed by atoms with Crippen molar-refractivity contribution in [3.8, 4) is 32.0 Å². The molecule has 91 heavy (non-hydrogen) atoms. The second kappa shape index (κ2) is 29.8. The zero-order chi connectivity index (χ0) is 66.5. The van der Waals surface area contributed by atoms with E-state index in [2.05, 4.69) is 112 Å². The number of hydrogen-bond donors (Lipinski definition) is 5. The van der Waals surface area contributed by atoms with Crippen molar-refractivity contribution in [2.24, 2.45) is 5.92 Å². The summed E-state index contributed by atoms with van der Waals surface area (Å²) < 4.78 is 19.8. The molecular formula is C61H75BrN12O9S6SiSn. The molecular weight excluding hydrogens is 1460 g/mol. The van der Waals surface area contributed by atoms with Crippen molar-refractivity contribution in [3.63, 3.8) is 0 Å². The Labute approximate surface area is 567 Å². The Kier molecular flexibility index (Phi) is 23.3. The van der Waals surface area contributed by atoms with E-state index >= 15 is 0 Å². The summed E-state index contributed by atoms with van der Waals surface area (Å²) in [7, 11) is 0.487. The molecule has 5 amide bonds. The summed E-state index contributed by atoms with van der Waals surface area (Å²) in [4.78, 5) is 124. The van der Waals surface area contributed by atoms with Crippen molar-refractivity contribution < 1.29 is 42.7 Å². The minimum Gasteiger partial charge on any atom is -0.379 e. The molecule has 7 heterocycles. The van der Waals surface area contributed by atoms with Gasteiger partial charge in [-0.2, -0.15) is 0 Å². The molecule has 8 rings (SSSR count). The van der Waals surface area contributed by atoms with Gasteiger partial charge in [-0.25, -0.2) is 29.7 Å². The maximum absolute atomic E-state index is 14.4. The summed E-state index contributed by atoms with van der Waals surface area (Å²) in [5.41, 5.74) is 2.40. The summed E-state index contributed by atoms with van der Waals surface area (Å²) >= 11 is 8.88. The molecule has 0 unspecified atom stereocenters. The summed E-state index contributed by atoms with van der Waals surface area (Å²) in [5.74, 6) is -3.37. The number of carbonyl (C=O) groups excluding carboxylic acids is 6. The van der Waals surface area contributed by atoms with Crippen molar-refractivity contribution >= 4 is 150 Å². The van der Waals surface area contributed by atoms with E-state index in [0.717, 1.165) is 27.6 Å². The predicted octanol–water partition coefficient (Wildman–Crippen LogP) is 12.6. The Morgan fingerprint density at radius 2 is 1.33 bits per heavy atom. The van der Waals surface area contributed by atoms with Gasteiger partial charge in [0.15, 0.2) is 5.69 Å². The number of aromatic nitrogens is 7. The van der Waals surface area contributed by atoms with Crippen LogP contribution in [0.5, 0.6) is 0 Å². The second-order valence-electron chi connectivity index (χ2n) is 25.2. The number of rotatable bonds is 25. The summed E-state index contributed by atoms with van der Waals surface area (Å²) in [5, 5.41) is 24.9. The second-order valence-corrected chi connectivity index (χ2v) is 50.8. The third-order valence-corrected chi connectivity index (χ3v) is 31.0. The fourth-order valence-corrected chi connectivity index (χ4v) is 21.3. The van der Waals surface area contributed by atoms with Crippen LogP contribution in [0, 0.1) is 12.8 Å². The van der Waals surface area contributed by atoms with Crippen molar-refractivity contribution in [1.82, 2.24) is 61.5 Å². The van der Waals surface area contributed by atoms with Gasteiger partial charge in [0.1, 0.15) is 53.0 Å². The number of carbonyl (C=O) groups is 6. The van der Waals surface area contributed by atoms with Crippen LogP contribution >= 0.6 is 84.0 Å². The Hall–Kier alpha value is -5.61. The summed E-state index contributed by atoms with van der Waals surface area (Å²) in [6.07, 6.45) is -0.829. The van der Waals surface area contributed by atoms with Gasteiger partial charge in [-0.1, -0.05) is 13.8 Å². The van der Waals surface area contributed by atoms with E-state index in [1.165, 1.54) is 63.2 Å². The van der Waals surface area contributed by atoms with Crippen LogP contribution in [0.3, 0.4) is 0 Å². The third-order valence-electron chi connectivity index (χ3n) is 14.5. The molecule has 5 N–H and O–H groups in total. The van der Waals surface area contributed by atoms with Gasteiger partial charge in [-0.15, -0.1) is 45.3 Å². The molecule has 21 nitrogen and oxygen atoms in total. The first-order chi connectivity index (χ1) is 42.7. The number of halogens is 1. The topological polar surface area (TPSA) is 280 Å². The van der Waals surface area contributed by atoms with Crippen LogP contribution in [0.15, 0.2) is 68.6 Å². The van der Waals surface area contributed by atoms with E-state index in [0.29, 0.717) is 50.7 Å². The number of ether oxygens (including phenoxy) is 2. The molecule has 0 aliphatic heterocycles. The Morgan fingerprint density at radius 1 is 0.670 bits per heavy atom. The number of amides is 5. The van der Waals surface area contributed by atoms with Gasteiger partial charge in [-0.05, 0) is 61.7 Å². The molecule has 0 fully saturated rings. The molecule has 7 aromatic heterocycles. The smallest absolute Gasteiger partial charge is 0.0830 e. The van der Waals surface area contributed by atoms with E-state index in [1.807, 2.05) is 49.6 Å². The van der Waals surface area contributed by atoms with Crippen LogP contribution in [0.1, 0.15) is 158 Å². The molecule has 0 bridgehead atoms. The standard InChI is InChI=1S/C58H66BrN12O9S6Si.3CH3.Sn/c1-29(2)41(55-71-43(38(86-55)25-78-11)48(75)62-24-40(73)68-44(54-66-36(27-84-54)51-61-21-22-81-51)45(31-17-15-14-16-18-31)80-87(12,13)58(7,8)9)69-49(76)42-30(3)85-53(70-42)34(23-39(72)60-10)64-47(74)35-26-82-50(65-35)32-19-20-33(63-46(32)59)52-67-37(28-83-52)56(77)79-57(4,5)6;;;;/h14-20,22,26-29,34,41,44-45H,23-25H2,1-13H3,(H,60,72)(H,62,75)(H,64,74)(H,68,73)(H,69,76);3*1H3;/t34-,41-,44-,45-;;;;/m0..../s1. The van der Waals surface area contributed by atoms with Gasteiger partial charge in [0.2, 0.25) is 5.91 Å². The van der Waals surface area contributed by atoms with Crippen LogP contribution in [0.25, 0.3) is 32.0 Å². The molecule has 4 atom stereocenters. The maximum atomic E-state index is 14.4. The van der Waals surface area contributed by atoms with Gasteiger partial charge in [0, 0.05) is 35.4 Å². The minimum absolute atomic E-state index is 0.0224. The molecule has 30 heteroatoms. The molecule has 0 saturated heterocycles. The molecule has 0 aliphatic rings. The van der Waals surface area contributed by atoms with Crippen LogP contribution in [-0.2, 0) is 30.1 Å². The largest absolute Gasteiger partial charge is 0.379 e. The molecule has 1 aromatic carbocycles. The number of methoxy groups -OCH3 is 1. The number of esters is 1. The zero-order valence-corrected chi connectivity index (χ0v) is 63.8. The van der Waals surface area contributed by atoms with Crippen molar-refractivity contribution in [1.29, 1.82) is 0 Å². The molecule has 0 radical (unpaired) electrons. The Morgan fingerprint density at radius 3 is 1.97 bits per heavy atom. The van der Waals surface area contributed by atoms with Crippen LogP contribution in [-0.4, -0.2) is 123 Å². The van der Waals surface area contributed by atoms with Gasteiger partial charge in [-0.3, -0.25) is 19.2 Å². The maximum Gasteiger partial charge on any atom is 0.0830 e. The predicted molar refractivity (Wildman–Crippen MR) is 370 cm³/mol. The monoisotopic (exact) mass is 1540 g/mol. The van der Waals surface area contributed by atoms with Crippen LogP contribution in [0.4, 0.5) is 0 Å². The van der Waals surface area contributed by atoms with Crippen LogP contribution in [0.2, 0.25) is 33.0 Å². The van der Waals surface area contributed by atoms with Gasteiger partial charge in [0.05, 0.1) is 30.0 Å². The molecule has 484 valence electrons. The molecule has 0 saturated carbocycles. The Balaban J connectivity index is 0.970. The van der Waals surface area contributed by atoms with E-state index in [-0.39, 0.29) is 52.7 Å². The number of aryl methyl sites for hydroxylation is 1. The summed E-state index contributed by atoms with van der Waals surface area (Å²) in [6.45, 7) is 21.3. The molecule has 0 spiro atoms. The van der Waals surface area contributed by atoms with E-state index < -0.39 is 92.7 Å². The van der Waals surface area contributed by atoms with Crippen LogP contribution < -0.4 is 30.3 Å². The number of hydrogen-bond acceptors (Lipinski definition) is 22. The number of benzene rings is 1. The number of thiazole rings is 6. The zero-order valence-electron chi connectivity index (χ0n) is 53.5.